The van der Waals surface area contributed by atoms with Crippen LogP contribution in [-0.2, 0) is 14.4 Å². The van der Waals surface area contributed by atoms with E-state index >= 15 is 0 Å². The maximum absolute atomic E-state index is 12.0. The molecule has 2 aromatic carbocycles. The molecule has 1 atom stereocenters. The van der Waals surface area contributed by atoms with E-state index in [0.29, 0.717) is 5.69 Å². The van der Waals surface area contributed by atoms with Crippen molar-refractivity contribution in [3.05, 3.63) is 42.5 Å². The number of primary amides is 1. The Morgan fingerprint density at radius 3 is 2.44 bits per heavy atom. The second-order valence-corrected chi connectivity index (χ2v) is 5.80. The fraction of sp³-hybridized carbons (Fsp3) is 0.222. The second-order valence-electron chi connectivity index (χ2n) is 5.80. The van der Waals surface area contributed by atoms with Crippen LogP contribution in [-0.4, -0.2) is 41.5 Å². The summed E-state index contributed by atoms with van der Waals surface area (Å²) in [5.74, 6) is -2.65. The molecule has 0 radical (unpaired) electrons. The van der Waals surface area contributed by atoms with Gasteiger partial charge in [0.05, 0.1) is 12.2 Å². The molecule has 9 heteroatoms. The van der Waals surface area contributed by atoms with Crippen LogP contribution in [0.4, 0.5) is 10.5 Å². The maximum Gasteiger partial charge on any atom is 0.326 e. The Labute approximate surface area is 154 Å². The Balaban J connectivity index is 1.87. The molecule has 1 unspecified atom stereocenters. The van der Waals surface area contributed by atoms with E-state index in [-0.39, 0.29) is 12.8 Å². The fourth-order valence-corrected chi connectivity index (χ4v) is 2.45. The van der Waals surface area contributed by atoms with E-state index in [1.165, 1.54) is 0 Å². The van der Waals surface area contributed by atoms with Crippen LogP contribution < -0.4 is 21.7 Å². The molecule has 0 aliphatic heterocycles. The number of aliphatic carboxylic acids is 1. The lowest BCUT2D eigenvalue weighted by molar-refractivity contribution is -0.142. The Morgan fingerprint density at radius 2 is 1.74 bits per heavy atom. The third kappa shape index (κ3) is 5.99. The first-order chi connectivity index (χ1) is 12.9. The molecule has 6 N–H and O–H groups in total. The minimum atomic E-state index is -1.29. The molecular weight excluding hydrogens is 352 g/mol. The first kappa shape index (κ1) is 19.7. The number of rotatable bonds is 8. The second kappa shape index (κ2) is 9.18. The number of amides is 4. The minimum absolute atomic E-state index is 0.126. The van der Waals surface area contributed by atoms with Gasteiger partial charge in [-0.25, -0.2) is 9.59 Å². The molecule has 0 saturated carbocycles. The number of anilines is 1. The summed E-state index contributed by atoms with van der Waals surface area (Å²) in [5.41, 5.74) is 5.55. The average molecular weight is 372 g/mol. The van der Waals surface area contributed by atoms with Gasteiger partial charge in [-0.2, -0.15) is 0 Å². The standard InChI is InChI=1S/C18H20N4O5/c19-15(23)9-8-14(17(25)26)21-16(24)10-20-18(27)22-13-7-3-5-11-4-1-2-6-12(11)13/h1-7,14H,8-10H2,(H2,19,23)(H,21,24)(H,25,26)(H2,20,22,27). The summed E-state index contributed by atoms with van der Waals surface area (Å²) in [7, 11) is 0. The van der Waals surface area contributed by atoms with Gasteiger partial charge in [0.15, 0.2) is 0 Å². The Kier molecular flexibility index (Phi) is 6.70. The van der Waals surface area contributed by atoms with Crippen LogP contribution in [0.1, 0.15) is 12.8 Å². The molecule has 0 fully saturated rings. The van der Waals surface area contributed by atoms with Crippen LogP contribution in [0, 0.1) is 0 Å². The normalized spacial score (nSPS) is 11.4. The van der Waals surface area contributed by atoms with Crippen molar-refractivity contribution in [2.24, 2.45) is 5.73 Å². The number of nitrogens with two attached hydrogens (primary N) is 1. The lowest BCUT2D eigenvalue weighted by Crippen LogP contribution is -2.46. The smallest absolute Gasteiger partial charge is 0.326 e. The summed E-state index contributed by atoms with van der Waals surface area (Å²) in [4.78, 5) is 45.7. The molecule has 0 aliphatic carbocycles. The molecule has 0 aromatic heterocycles. The van der Waals surface area contributed by atoms with Crippen LogP contribution in [0.15, 0.2) is 42.5 Å². The number of carbonyl (C=O) groups is 4. The van der Waals surface area contributed by atoms with E-state index in [1.807, 2.05) is 30.3 Å². The van der Waals surface area contributed by atoms with Crippen molar-refractivity contribution >= 4 is 40.3 Å². The third-order valence-corrected chi connectivity index (χ3v) is 3.76. The van der Waals surface area contributed by atoms with Gasteiger partial charge in [0, 0.05) is 11.8 Å². The van der Waals surface area contributed by atoms with Crippen molar-refractivity contribution in [1.82, 2.24) is 10.6 Å². The summed E-state index contributed by atoms with van der Waals surface area (Å²) in [6.07, 6.45) is -0.301. The number of hydrogen-bond donors (Lipinski definition) is 5. The van der Waals surface area contributed by atoms with Gasteiger partial charge in [-0.15, -0.1) is 0 Å². The quantitative estimate of drug-likeness (QED) is 0.464. The van der Waals surface area contributed by atoms with E-state index in [4.69, 9.17) is 10.8 Å². The number of fused-ring (bicyclic) bond motifs is 1. The van der Waals surface area contributed by atoms with Crippen molar-refractivity contribution in [2.75, 3.05) is 11.9 Å². The number of nitrogens with one attached hydrogen (secondary N) is 3. The van der Waals surface area contributed by atoms with Gasteiger partial charge in [-0.3, -0.25) is 9.59 Å². The Hall–Kier alpha value is -3.62. The van der Waals surface area contributed by atoms with Crippen molar-refractivity contribution in [1.29, 1.82) is 0 Å². The zero-order valence-electron chi connectivity index (χ0n) is 14.4. The largest absolute Gasteiger partial charge is 0.480 e. The predicted octanol–water partition coefficient (Wildman–Crippen LogP) is 0.796. The van der Waals surface area contributed by atoms with Gasteiger partial charge < -0.3 is 26.8 Å². The Bertz CT molecular complexity index is 862. The third-order valence-electron chi connectivity index (χ3n) is 3.76. The molecule has 0 heterocycles. The molecule has 0 bridgehead atoms. The molecule has 2 aromatic rings. The molecule has 4 amide bonds. The van der Waals surface area contributed by atoms with Gasteiger partial charge in [0.2, 0.25) is 11.8 Å². The number of carboxylic acid groups (broad SMARTS) is 1. The van der Waals surface area contributed by atoms with Gasteiger partial charge in [-0.1, -0.05) is 36.4 Å². The molecule has 142 valence electrons. The number of carbonyl (C=O) groups excluding carboxylic acids is 3. The van der Waals surface area contributed by atoms with Gasteiger partial charge >= 0.3 is 12.0 Å². The topological polar surface area (TPSA) is 151 Å². The van der Waals surface area contributed by atoms with E-state index in [9.17, 15) is 19.2 Å². The zero-order valence-corrected chi connectivity index (χ0v) is 14.4. The molecule has 0 saturated heterocycles. The highest BCUT2D eigenvalue weighted by Gasteiger charge is 2.20. The van der Waals surface area contributed by atoms with Crippen LogP contribution >= 0.6 is 0 Å². The first-order valence-electron chi connectivity index (χ1n) is 8.20. The molecule has 2 rings (SSSR count). The van der Waals surface area contributed by atoms with Gasteiger partial charge in [-0.05, 0) is 17.9 Å². The van der Waals surface area contributed by atoms with Crippen LogP contribution in [0.3, 0.4) is 0 Å². The van der Waals surface area contributed by atoms with Crippen molar-refractivity contribution < 1.29 is 24.3 Å². The van der Waals surface area contributed by atoms with Crippen LogP contribution in [0.5, 0.6) is 0 Å². The minimum Gasteiger partial charge on any atom is -0.480 e. The summed E-state index contributed by atoms with van der Waals surface area (Å²) in [6.45, 7) is -0.420. The summed E-state index contributed by atoms with van der Waals surface area (Å²) < 4.78 is 0. The average Bonchev–Trinajstić information content (AvgIpc) is 2.63. The van der Waals surface area contributed by atoms with Gasteiger partial charge in [0.25, 0.3) is 0 Å². The maximum atomic E-state index is 12.0. The highest BCUT2D eigenvalue weighted by molar-refractivity contribution is 6.02. The predicted molar refractivity (Wildman–Crippen MR) is 99.0 cm³/mol. The lowest BCUT2D eigenvalue weighted by atomic mass is 10.1. The number of carboxylic acids is 1. The number of urea groups is 1. The SMILES string of the molecule is NC(=O)CCC(NC(=O)CNC(=O)Nc1cccc2ccccc12)C(=O)O. The molecule has 9 nitrogen and oxygen atoms in total. The molecule has 0 aliphatic rings. The first-order valence-corrected chi connectivity index (χ1v) is 8.20. The molecular formula is C18H20N4O5. The summed E-state index contributed by atoms with van der Waals surface area (Å²) in [5, 5.41) is 18.1. The molecule has 0 spiro atoms. The van der Waals surface area contributed by atoms with E-state index in [2.05, 4.69) is 16.0 Å². The lowest BCUT2D eigenvalue weighted by Gasteiger charge is -2.14. The fourth-order valence-electron chi connectivity index (χ4n) is 2.45. The van der Waals surface area contributed by atoms with Crippen molar-refractivity contribution in [2.45, 2.75) is 18.9 Å². The monoisotopic (exact) mass is 372 g/mol. The van der Waals surface area contributed by atoms with Crippen molar-refractivity contribution in [3.8, 4) is 0 Å². The summed E-state index contributed by atoms with van der Waals surface area (Å²) in [6, 6.07) is 11.1. The molecule has 27 heavy (non-hydrogen) atoms. The Morgan fingerprint density at radius 1 is 1.04 bits per heavy atom. The highest BCUT2D eigenvalue weighted by Crippen LogP contribution is 2.22. The van der Waals surface area contributed by atoms with Gasteiger partial charge in [0.1, 0.15) is 6.04 Å². The highest BCUT2D eigenvalue weighted by atomic mass is 16.4. The number of benzene rings is 2. The van der Waals surface area contributed by atoms with Crippen molar-refractivity contribution in [3.63, 3.8) is 0 Å². The number of hydrogen-bond acceptors (Lipinski definition) is 4. The van der Waals surface area contributed by atoms with Crippen LogP contribution in [0.25, 0.3) is 10.8 Å². The van der Waals surface area contributed by atoms with E-state index in [1.54, 1.807) is 12.1 Å². The van der Waals surface area contributed by atoms with Crippen LogP contribution in [0.2, 0.25) is 0 Å². The van der Waals surface area contributed by atoms with E-state index in [0.717, 1.165) is 10.8 Å². The zero-order chi connectivity index (χ0) is 19.8. The summed E-state index contributed by atoms with van der Waals surface area (Å²) >= 11 is 0. The van der Waals surface area contributed by atoms with E-state index < -0.39 is 36.4 Å².